The summed E-state index contributed by atoms with van der Waals surface area (Å²) < 4.78 is 0. The van der Waals surface area contributed by atoms with E-state index in [0.29, 0.717) is 0 Å². The number of nitrogens with zero attached hydrogens (tertiary/aromatic N) is 1. The van der Waals surface area contributed by atoms with Gasteiger partial charge in [0.05, 0.1) is 0 Å². The largest absolute Gasteiger partial charge is 0.367 e. The average molecular weight is 144 g/mol. The predicted molar refractivity (Wildman–Crippen MR) is 39.3 cm³/mol. The molecule has 9 heavy (non-hydrogen) atoms. The third-order valence-electron chi connectivity index (χ3n) is 0.483. The van der Waals surface area contributed by atoms with E-state index in [1.165, 1.54) is 0 Å². The Morgan fingerprint density at radius 1 is 1.44 bits per heavy atom. The van der Waals surface area contributed by atoms with E-state index in [2.05, 4.69) is 28.6 Å². The van der Waals surface area contributed by atoms with Crippen molar-refractivity contribution in [3.05, 3.63) is 0 Å². The van der Waals surface area contributed by atoms with Crippen LogP contribution >= 0.6 is 12.4 Å². The molecule has 0 unspecified atom stereocenters. The van der Waals surface area contributed by atoms with Gasteiger partial charge in [-0.2, -0.15) is 0 Å². The monoisotopic (exact) mass is 143 g/mol. The summed E-state index contributed by atoms with van der Waals surface area (Å²) in [6.45, 7) is 3.03. The van der Waals surface area contributed by atoms with Crippen molar-refractivity contribution in [3.63, 3.8) is 0 Å². The second-order valence-corrected chi connectivity index (χ2v) is 0.948. The van der Waals surface area contributed by atoms with Gasteiger partial charge in [0.1, 0.15) is 0 Å². The minimum absolute atomic E-state index is 0. The highest BCUT2D eigenvalue weighted by Gasteiger charge is 1.93. The van der Waals surface area contributed by atoms with Crippen molar-refractivity contribution in [2.75, 3.05) is 0 Å². The highest BCUT2D eigenvalue weighted by molar-refractivity contribution is 5.85. The van der Waals surface area contributed by atoms with Gasteiger partial charge in [-0.1, -0.05) is 0 Å². The fraction of sp³-hybridized carbons (Fsp3) is 0.167. The molecular formula is C6H6ClNO. The lowest BCUT2D eigenvalue weighted by atomic mass is 10.4. The zero-order valence-electron chi connectivity index (χ0n) is 4.70. The maximum atomic E-state index is 4.86. The van der Waals surface area contributed by atoms with E-state index >= 15 is 0 Å². The van der Waals surface area contributed by atoms with Crippen molar-refractivity contribution >= 4 is 19.1 Å². The lowest BCUT2D eigenvalue weighted by molar-refractivity contribution is 0.139. The van der Waals surface area contributed by atoms with Gasteiger partial charge in [0.25, 0.3) is 0 Å². The van der Waals surface area contributed by atoms with Gasteiger partial charge in [0.15, 0.2) is 0 Å². The van der Waals surface area contributed by atoms with E-state index in [0.717, 1.165) is 0 Å². The number of hydrogen-bond acceptors (Lipinski definition) is 2. The zero-order chi connectivity index (χ0) is 6.41. The van der Waals surface area contributed by atoms with Crippen molar-refractivity contribution in [2.24, 2.45) is 5.16 Å². The molecule has 0 aromatic carbocycles. The molecule has 3 heteroatoms. The van der Waals surface area contributed by atoms with Crippen molar-refractivity contribution in [1.82, 2.24) is 0 Å². The van der Waals surface area contributed by atoms with Crippen molar-refractivity contribution < 1.29 is 4.84 Å². The molecule has 0 amide bonds. The minimum Gasteiger partial charge on any atom is -0.367 e. The molecule has 0 bridgehead atoms. The third-order valence-corrected chi connectivity index (χ3v) is 0.483. The summed E-state index contributed by atoms with van der Waals surface area (Å²) in [6, 6.07) is 0. The topological polar surface area (TPSA) is 21.6 Å². The maximum absolute atomic E-state index is 4.86. The predicted octanol–water partition coefficient (Wildman–Crippen LogP) is 0.675. The van der Waals surface area contributed by atoms with E-state index < -0.39 is 6.10 Å². The van der Waals surface area contributed by atoms with E-state index in [1.807, 2.05) is 0 Å². The Hall–Kier alpha value is -1.12. The Bertz CT molecular complexity index is 139. The first kappa shape index (κ1) is 10.8. The van der Waals surface area contributed by atoms with Crippen LogP contribution < -0.4 is 0 Å². The van der Waals surface area contributed by atoms with Crippen molar-refractivity contribution in [3.8, 4) is 24.7 Å². The van der Waals surface area contributed by atoms with Gasteiger partial charge in [0.2, 0.25) is 6.10 Å². The molecule has 0 fully saturated rings. The molecule has 0 N–H and O–H groups in total. The zero-order valence-corrected chi connectivity index (χ0v) is 5.52. The Morgan fingerprint density at radius 3 is 2.00 bits per heavy atom. The molecule has 0 aromatic rings. The standard InChI is InChI=1S/C6H5NO.ClH/c1-4-6(5-2)8-7-3;/h1-2,6H,3H2;1H. The normalized spacial score (nSPS) is 6.11. The molecule has 0 saturated heterocycles. The minimum atomic E-state index is -0.674. The molecule has 0 aromatic heterocycles. The molecule has 0 atom stereocenters. The van der Waals surface area contributed by atoms with Gasteiger partial charge >= 0.3 is 0 Å². The summed E-state index contributed by atoms with van der Waals surface area (Å²) in [4.78, 5) is 4.38. The quantitative estimate of drug-likeness (QED) is 0.317. The van der Waals surface area contributed by atoms with Crippen LogP contribution in [0.15, 0.2) is 5.16 Å². The summed E-state index contributed by atoms with van der Waals surface area (Å²) in [7, 11) is 0. The van der Waals surface area contributed by atoms with Crippen LogP contribution in [0.4, 0.5) is 0 Å². The molecule has 0 radical (unpaired) electrons. The Kier molecular flexibility index (Phi) is 8.25. The van der Waals surface area contributed by atoms with Crippen LogP contribution in [0.5, 0.6) is 0 Å². The van der Waals surface area contributed by atoms with Gasteiger partial charge in [-0.25, -0.2) is 0 Å². The number of halogens is 1. The maximum Gasteiger partial charge on any atom is 0.247 e. The van der Waals surface area contributed by atoms with Crippen molar-refractivity contribution in [1.29, 1.82) is 0 Å². The number of terminal acetylenes is 2. The lowest BCUT2D eigenvalue weighted by Crippen LogP contribution is -2.00. The molecule has 48 valence electrons. The van der Waals surface area contributed by atoms with Crippen LogP contribution in [0.2, 0.25) is 0 Å². The van der Waals surface area contributed by atoms with Crippen LogP contribution in [0.3, 0.4) is 0 Å². The van der Waals surface area contributed by atoms with Gasteiger partial charge in [0, 0.05) is 6.72 Å². The molecule has 0 saturated carbocycles. The van der Waals surface area contributed by atoms with Gasteiger partial charge in [-0.3, -0.25) is 0 Å². The van der Waals surface area contributed by atoms with E-state index in [1.54, 1.807) is 0 Å². The molecule has 2 nitrogen and oxygen atoms in total. The number of rotatable bonds is 2. The molecule has 0 rings (SSSR count). The number of oxime groups is 1. The van der Waals surface area contributed by atoms with Gasteiger partial charge < -0.3 is 4.84 Å². The first-order chi connectivity index (χ1) is 3.85. The summed E-state index contributed by atoms with van der Waals surface area (Å²) in [6.07, 6.45) is 9.05. The van der Waals surface area contributed by atoms with E-state index in [9.17, 15) is 0 Å². The van der Waals surface area contributed by atoms with Gasteiger partial charge in [-0.05, 0) is 11.8 Å². The smallest absolute Gasteiger partial charge is 0.247 e. The summed E-state index contributed by atoms with van der Waals surface area (Å²) in [5, 5.41) is 3.04. The summed E-state index contributed by atoms with van der Waals surface area (Å²) in [5.41, 5.74) is 0. The third kappa shape index (κ3) is 4.74. The SMILES string of the molecule is C#CC(C#C)ON=C.Cl. The van der Waals surface area contributed by atoms with Crippen LogP contribution in [-0.2, 0) is 4.84 Å². The summed E-state index contributed by atoms with van der Waals surface area (Å²) >= 11 is 0. The highest BCUT2D eigenvalue weighted by Crippen LogP contribution is 1.84. The van der Waals surface area contributed by atoms with Crippen LogP contribution in [0.1, 0.15) is 0 Å². The fourth-order valence-electron chi connectivity index (χ4n) is 0.184. The fourth-order valence-corrected chi connectivity index (χ4v) is 0.184. The van der Waals surface area contributed by atoms with Crippen LogP contribution in [-0.4, -0.2) is 12.8 Å². The summed E-state index contributed by atoms with van der Waals surface area (Å²) in [5.74, 6) is 4.32. The van der Waals surface area contributed by atoms with Crippen molar-refractivity contribution in [2.45, 2.75) is 6.10 Å². The lowest BCUT2D eigenvalue weighted by Gasteiger charge is -1.95. The van der Waals surface area contributed by atoms with E-state index in [-0.39, 0.29) is 12.4 Å². The Balaban J connectivity index is 0. The molecular weight excluding hydrogens is 138 g/mol. The van der Waals surface area contributed by atoms with Crippen LogP contribution in [0.25, 0.3) is 0 Å². The molecule has 0 aliphatic heterocycles. The second-order valence-electron chi connectivity index (χ2n) is 0.948. The number of hydrogen-bond donors (Lipinski definition) is 0. The van der Waals surface area contributed by atoms with E-state index in [4.69, 9.17) is 12.8 Å². The molecule has 0 aliphatic rings. The molecule has 0 heterocycles. The average Bonchev–Trinajstić information content (AvgIpc) is 1.83. The van der Waals surface area contributed by atoms with Crippen LogP contribution in [0, 0.1) is 24.7 Å². The second kappa shape index (κ2) is 6.88. The first-order valence-corrected chi connectivity index (χ1v) is 1.89. The Labute approximate surface area is 60.7 Å². The molecule has 0 spiro atoms. The Morgan fingerprint density at radius 2 is 1.89 bits per heavy atom. The molecule has 0 aliphatic carbocycles. The first-order valence-electron chi connectivity index (χ1n) is 1.89. The van der Waals surface area contributed by atoms with Gasteiger partial charge in [-0.15, -0.1) is 30.4 Å². The highest BCUT2D eigenvalue weighted by atomic mass is 35.5.